The van der Waals surface area contributed by atoms with E-state index in [1.54, 1.807) is 0 Å². The summed E-state index contributed by atoms with van der Waals surface area (Å²) in [6.07, 6.45) is 1.81. The van der Waals surface area contributed by atoms with Gasteiger partial charge in [-0.25, -0.2) is 9.97 Å². The lowest BCUT2D eigenvalue weighted by Crippen LogP contribution is -2.57. The van der Waals surface area contributed by atoms with Gasteiger partial charge in [0.1, 0.15) is 11.6 Å². The summed E-state index contributed by atoms with van der Waals surface area (Å²) in [4.78, 5) is 10.9. The first-order valence-electron chi connectivity index (χ1n) is 6.02. The van der Waals surface area contributed by atoms with Crippen LogP contribution in [0.5, 0.6) is 0 Å². The number of ether oxygens (including phenoxy) is 1. The van der Waals surface area contributed by atoms with Crippen LogP contribution in [0.15, 0.2) is 12.3 Å². The van der Waals surface area contributed by atoms with E-state index in [4.69, 9.17) is 4.74 Å². The molecule has 0 spiro atoms. The van der Waals surface area contributed by atoms with Crippen LogP contribution in [0.3, 0.4) is 0 Å². The average Bonchev–Trinajstić information content (AvgIpc) is 2.12. The number of anilines is 1. The Morgan fingerprint density at radius 2 is 1.76 bits per heavy atom. The number of aryl methyl sites for hydroxylation is 1. The Morgan fingerprint density at radius 3 is 2.29 bits per heavy atom. The van der Waals surface area contributed by atoms with E-state index in [1.165, 1.54) is 0 Å². The lowest BCUT2D eigenvalue weighted by molar-refractivity contribution is -0.133. The summed E-state index contributed by atoms with van der Waals surface area (Å²) in [5.74, 6) is 1.80. The molecule has 0 radical (unpaired) electrons. The molecule has 1 fully saturated rings. The van der Waals surface area contributed by atoms with Crippen molar-refractivity contribution in [1.29, 1.82) is 0 Å². The van der Waals surface area contributed by atoms with Crippen molar-refractivity contribution in [2.75, 3.05) is 18.0 Å². The average molecular weight is 235 g/mol. The normalized spacial score (nSPS) is 22.5. The van der Waals surface area contributed by atoms with Crippen LogP contribution in [-0.2, 0) is 4.74 Å². The lowest BCUT2D eigenvalue weighted by Gasteiger charge is -2.47. The van der Waals surface area contributed by atoms with Gasteiger partial charge in [-0.05, 0) is 40.7 Å². The van der Waals surface area contributed by atoms with Gasteiger partial charge in [-0.1, -0.05) is 0 Å². The van der Waals surface area contributed by atoms with Crippen LogP contribution >= 0.6 is 0 Å². The molecule has 2 rings (SSSR count). The van der Waals surface area contributed by atoms with Gasteiger partial charge < -0.3 is 9.64 Å². The fourth-order valence-electron chi connectivity index (χ4n) is 2.57. The quantitative estimate of drug-likeness (QED) is 0.748. The molecule has 1 saturated heterocycles. The van der Waals surface area contributed by atoms with Gasteiger partial charge in [-0.15, -0.1) is 0 Å². The molecule has 0 aromatic carbocycles. The molecule has 0 unspecified atom stereocenters. The molecule has 0 saturated carbocycles. The third kappa shape index (κ3) is 2.94. The summed E-state index contributed by atoms with van der Waals surface area (Å²) >= 11 is 0. The van der Waals surface area contributed by atoms with Crippen LogP contribution in [0, 0.1) is 6.92 Å². The van der Waals surface area contributed by atoms with E-state index < -0.39 is 0 Å². The number of hydrogen-bond donors (Lipinski definition) is 0. The van der Waals surface area contributed by atoms with Crippen molar-refractivity contribution in [3.05, 3.63) is 18.1 Å². The molecular weight excluding hydrogens is 214 g/mol. The van der Waals surface area contributed by atoms with E-state index in [2.05, 4.69) is 42.6 Å². The maximum absolute atomic E-state index is 6.06. The van der Waals surface area contributed by atoms with E-state index in [-0.39, 0.29) is 11.2 Å². The summed E-state index contributed by atoms with van der Waals surface area (Å²) in [6, 6.07) is 1.96. The second kappa shape index (κ2) is 3.95. The zero-order valence-corrected chi connectivity index (χ0v) is 11.3. The van der Waals surface area contributed by atoms with Crippen LogP contribution < -0.4 is 4.90 Å². The molecule has 0 N–H and O–H groups in total. The van der Waals surface area contributed by atoms with Gasteiger partial charge in [0.05, 0.1) is 11.2 Å². The van der Waals surface area contributed by atoms with Gasteiger partial charge in [-0.2, -0.15) is 0 Å². The molecule has 1 aliphatic rings. The number of hydrogen-bond acceptors (Lipinski definition) is 4. The van der Waals surface area contributed by atoms with E-state index in [1.807, 2.05) is 19.2 Å². The Balaban J connectivity index is 2.27. The molecule has 94 valence electrons. The van der Waals surface area contributed by atoms with E-state index in [9.17, 15) is 0 Å². The van der Waals surface area contributed by atoms with Gasteiger partial charge in [0.15, 0.2) is 0 Å². The first-order chi connectivity index (χ1) is 7.77. The fourth-order valence-corrected chi connectivity index (χ4v) is 2.57. The van der Waals surface area contributed by atoms with Crippen molar-refractivity contribution in [3.63, 3.8) is 0 Å². The Labute approximate surface area is 103 Å². The maximum Gasteiger partial charge on any atom is 0.132 e. The molecule has 0 atom stereocenters. The molecule has 2 heterocycles. The summed E-state index contributed by atoms with van der Waals surface area (Å²) in [5.41, 5.74) is -0.304. The van der Waals surface area contributed by atoms with Crippen molar-refractivity contribution in [2.24, 2.45) is 0 Å². The number of rotatable bonds is 1. The van der Waals surface area contributed by atoms with Crippen molar-refractivity contribution in [2.45, 2.75) is 45.8 Å². The summed E-state index contributed by atoms with van der Waals surface area (Å²) in [5, 5.41) is 0. The number of nitrogens with zero attached hydrogens (tertiary/aromatic N) is 3. The van der Waals surface area contributed by atoms with Gasteiger partial charge in [0.2, 0.25) is 0 Å². The summed E-state index contributed by atoms with van der Waals surface area (Å²) in [6.45, 7) is 12.1. The van der Waals surface area contributed by atoms with Crippen molar-refractivity contribution in [1.82, 2.24) is 9.97 Å². The predicted octanol–water partition coefficient (Wildman–Crippen LogP) is 2.18. The predicted molar refractivity (Wildman–Crippen MR) is 68.2 cm³/mol. The SMILES string of the molecule is Cc1nccc(N2CC(C)(C)OC(C)(C)C2)n1. The van der Waals surface area contributed by atoms with Gasteiger partial charge in [0.25, 0.3) is 0 Å². The third-order valence-corrected chi connectivity index (χ3v) is 2.78. The molecule has 1 aliphatic heterocycles. The fraction of sp³-hybridized carbons (Fsp3) is 0.692. The largest absolute Gasteiger partial charge is 0.366 e. The van der Waals surface area contributed by atoms with Crippen molar-refractivity contribution < 1.29 is 4.74 Å². The highest BCUT2D eigenvalue weighted by Gasteiger charge is 2.38. The second-order valence-corrected chi connectivity index (χ2v) is 5.94. The molecule has 1 aromatic rings. The first-order valence-corrected chi connectivity index (χ1v) is 6.02. The van der Waals surface area contributed by atoms with E-state index >= 15 is 0 Å². The minimum absolute atomic E-state index is 0.152. The number of aromatic nitrogens is 2. The minimum atomic E-state index is -0.152. The molecule has 4 nitrogen and oxygen atoms in total. The summed E-state index contributed by atoms with van der Waals surface area (Å²) in [7, 11) is 0. The molecule has 1 aromatic heterocycles. The van der Waals surface area contributed by atoms with E-state index in [0.717, 1.165) is 24.7 Å². The third-order valence-electron chi connectivity index (χ3n) is 2.78. The topological polar surface area (TPSA) is 38.2 Å². The van der Waals surface area contributed by atoms with Gasteiger partial charge in [0, 0.05) is 19.3 Å². The molecule has 0 amide bonds. The summed E-state index contributed by atoms with van der Waals surface area (Å²) < 4.78 is 6.06. The van der Waals surface area contributed by atoms with Gasteiger partial charge >= 0.3 is 0 Å². The molecule has 4 heteroatoms. The zero-order chi connectivity index (χ0) is 12.7. The Hall–Kier alpha value is -1.16. The van der Waals surface area contributed by atoms with Crippen LogP contribution in [0.1, 0.15) is 33.5 Å². The molecule has 0 bridgehead atoms. The lowest BCUT2D eigenvalue weighted by atomic mass is 9.99. The van der Waals surface area contributed by atoms with Crippen LogP contribution in [0.25, 0.3) is 0 Å². The zero-order valence-electron chi connectivity index (χ0n) is 11.3. The van der Waals surface area contributed by atoms with Crippen molar-refractivity contribution >= 4 is 5.82 Å². The maximum atomic E-state index is 6.06. The highest BCUT2D eigenvalue weighted by atomic mass is 16.5. The van der Waals surface area contributed by atoms with E-state index in [0.29, 0.717) is 0 Å². The minimum Gasteiger partial charge on any atom is -0.366 e. The highest BCUT2D eigenvalue weighted by Crippen LogP contribution is 2.30. The Morgan fingerprint density at radius 1 is 1.18 bits per heavy atom. The monoisotopic (exact) mass is 235 g/mol. The van der Waals surface area contributed by atoms with Crippen LogP contribution in [0.2, 0.25) is 0 Å². The smallest absolute Gasteiger partial charge is 0.132 e. The molecular formula is C13H21N3O. The number of morpholine rings is 1. The van der Waals surface area contributed by atoms with Crippen LogP contribution in [-0.4, -0.2) is 34.3 Å². The Bertz CT molecular complexity index is 399. The van der Waals surface area contributed by atoms with Gasteiger partial charge in [-0.3, -0.25) is 0 Å². The highest BCUT2D eigenvalue weighted by molar-refractivity contribution is 5.39. The second-order valence-electron chi connectivity index (χ2n) is 5.94. The molecule has 17 heavy (non-hydrogen) atoms. The first kappa shape index (κ1) is 12.3. The van der Waals surface area contributed by atoms with Crippen molar-refractivity contribution in [3.8, 4) is 0 Å². The molecule has 0 aliphatic carbocycles. The Kier molecular flexibility index (Phi) is 2.86. The standard InChI is InChI=1S/C13H21N3O/c1-10-14-7-6-11(15-10)16-8-12(2,3)17-13(4,5)9-16/h6-7H,8-9H2,1-5H3. The van der Waals surface area contributed by atoms with Crippen LogP contribution in [0.4, 0.5) is 5.82 Å².